The van der Waals surface area contributed by atoms with Crippen molar-refractivity contribution in [1.82, 2.24) is 15.4 Å². The number of nitrogens with zero attached hydrogens (tertiary/aromatic N) is 3. The van der Waals surface area contributed by atoms with Crippen molar-refractivity contribution in [3.05, 3.63) is 33.7 Å². The summed E-state index contributed by atoms with van der Waals surface area (Å²) in [6.45, 7) is 0. The predicted molar refractivity (Wildman–Crippen MR) is 75.4 cm³/mol. The van der Waals surface area contributed by atoms with Crippen LogP contribution in [0.5, 0.6) is 0 Å². The van der Waals surface area contributed by atoms with Gasteiger partial charge in [-0.2, -0.15) is 15.6 Å². The van der Waals surface area contributed by atoms with Crippen molar-refractivity contribution in [1.29, 1.82) is 5.26 Å². The minimum Gasteiger partial charge on any atom is -0.196 e. The standard InChI is InChI=1S/C11H5BrN4S2/c12-10-4-3-8(18-10)7-1-2-9(17-7)11-6(5-13)14-16-15-11/h1-4H,(H,14,15,16). The number of H-pyrrole nitrogens is 1. The van der Waals surface area contributed by atoms with Crippen molar-refractivity contribution in [2.45, 2.75) is 0 Å². The van der Waals surface area contributed by atoms with Gasteiger partial charge >= 0.3 is 0 Å². The molecule has 0 aromatic carbocycles. The number of halogens is 1. The second kappa shape index (κ2) is 4.65. The Balaban J connectivity index is 2.02. The maximum Gasteiger partial charge on any atom is 0.191 e. The zero-order chi connectivity index (χ0) is 12.5. The number of aromatic amines is 1. The zero-order valence-corrected chi connectivity index (χ0v) is 12.1. The monoisotopic (exact) mass is 336 g/mol. The number of thiophene rings is 2. The fourth-order valence-corrected chi connectivity index (χ4v) is 4.00. The summed E-state index contributed by atoms with van der Waals surface area (Å²) in [7, 11) is 0. The highest BCUT2D eigenvalue weighted by Gasteiger charge is 2.13. The summed E-state index contributed by atoms with van der Waals surface area (Å²) in [4.78, 5) is 3.30. The van der Waals surface area contributed by atoms with Gasteiger partial charge in [-0.25, -0.2) is 0 Å². The second-order valence-electron chi connectivity index (χ2n) is 3.40. The lowest BCUT2D eigenvalue weighted by Gasteiger charge is -1.89. The SMILES string of the molecule is N#Cc1n[nH]nc1-c1ccc(-c2ccc(Br)s2)s1. The van der Waals surface area contributed by atoms with Gasteiger partial charge in [-0.15, -0.1) is 27.8 Å². The molecule has 0 radical (unpaired) electrons. The average Bonchev–Trinajstić information content (AvgIpc) is 3.07. The molecule has 0 fully saturated rings. The Bertz CT molecular complexity index is 734. The number of rotatable bonds is 2. The molecule has 0 aliphatic carbocycles. The Hall–Kier alpha value is -1.49. The van der Waals surface area contributed by atoms with Crippen molar-refractivity contribution in [3.8, 4) is 26.4 Å². The van der Waals surface area contributed by atoms with Crippen LogP contribution in [0.15, 0.2) is 28.1 Å². The molecule has 0 aliphatic rings. The first kappa shape index (κ1) is 11.6. The lowest BCUT2D eigenvalue weighted by molar-refractivity contribution is 0.937. The third-order valence-corrected chi connectivity index (χ3v) is 5.22. The number of aromatic nitrogens is 3. The van der Waals surface area contributed by atoms with Crippen molar-refractivity contribution < 1.29 is 0 Å². The van der Waals surface area contributed by atoms with Crippen LogP contribution >= 0.6 is 38.6 Å². The van der Waals surface area contributed by atoms with Crippen LogP contribution in [0.3, 0.4) is 0 Å². The van der Waals surface area contributed by atoms with Gasteiger partial charge < -0.3 is 0 Å². The topological polar surface area (TPSA) is 65.4 Å². The molecule has 0 saturated heterocycles. The first-order chi connectivity index (χ1) is 8.78. The summed E-state index contributed by atoms with van der Waals surface area (Å²) < 4.78 is 1.10. The molecule has 0 unspecified atom stereocenters. The molecule has 0 aliphatic heterocycles. The van der Waals surface area contributed by atoms with E-state index in [2.05, 4.69) is 37.4 Å². The molecule has 0 spiro atoms. The van der Waals surface area contributed by atoms with E-state index in [1.165, 1.54) is 4.88 Å². The molecular formula is C11H5BrN4S2. The Morgan fingerprint density at radius 3 is 2.50 bits per heavy atom. The van der Waals surface area contributed by atoms with Crippen LogP contribution < -0.4 is 0 Å². The summed E-state index contributed by atoms with van der Waals surface area (Å²) in [6.07, 6.45) is 0. The van der Waals surface area contributed by atoms with Crippen molar-refractivity contribution in [2.24, 2.45) is 0 Å². The van der Waals surface area contributed by atoms with E-state index in [9.17, 15) is 0 Å². The maximum atomic E-state index is 8.92. The van der Waals surface area contributed by atoms with Crippen LogP contribution in [0.2, 0.25) is 0 Å². The molecule has 0 saturated carbocycles. The van der Waals surface area contributed by atoms with E-state index in [4.69, 9.17) is 5.26 Å². The van der Waals surface area contributed by atoms with Gasteiger partial charge in [0, 0.05) is 9.75 Å². The van der Waals surface area contributed by atoms with E-state index in [1.54, 1.807) is 22.7 Å². The fraction of sp³-hybridized carbons (Fsp3) is 0. The molecule has 0 atom stereocenters. The van der Waals surface area contributed by atoms with Gasteiger partial charge in [0.15, 0.2) is 5.69 Å². The largest absolute Gasteiger partial charge is 0.196 e. The quantitative estimate of drug-likeness (QED) is 0.771. The van der Waals surface area contributed by atoms with Crippen molar-refractivity contribution >= 4 is 38.6 Å². The smallest absolute Gasteiger partial charge is 0.191 e. The first-order valence-electron chi connectivity index (χ1n) is 4.94. The Labute approximate surface area is 119 Å². The number of nitriles is 1. The third-order valence-electron chi connectivity index (χ3n) is 2.31. The summed E-state index contributed by atoms with van der Waals surface area (Å²) in [6, 6.07) is 10.1. The molecule has 3 rings (SSSR count). The zero-order valence-electron chi connectivity index (χ0n) is 8.85. The second-order valence-corrected chi connectivity index (χ2v) is 6.95. The molecule has 4 nitrogen and oxygen atoms in total. The Morgan fingerprint density at radius 1 is 1.06 bits per heavy atom. The summed E-state index contributed by atoms with van der Waals surface area (Å²) >= 11 is 6.73. The average molecular weight is 337 g/mol. The van der Waals surface area contributed by atoms with Crippen LogP contribution in [0.25, 0.3) is 20.3 Å². The molecule has 88 valence electrons. The van der Waals surface area contributed by atoms with E-state index < -0.39 is 0 Å². The van der Waals surface area contributed by atoms with Crippen molar-refractivity contribution in [2.75, 3.05) is 0 Å². The van der Waals surface area contributed by atoms with Crippen LogP contribution in [0.4, 0.5) is 0 Å². The fourth-order valence-electron chi connectivity index (χ4n) is 1.52. The van der Waals surface area contributed by atoms with Gasteiger partial charge in [-0.1, -0.05) is 0 Å². The molecule has 3 heterocycles. The minimum atomic E-state index is 0.329. The van der Waals surface area contributed by atoms with Crippen LogP contribution in [-0.4, -0.2) is 15.4 Å². The molecule has 3 aromatic heterocycles. The summed E-state index contributed by atoms with van der Waals surface area (Å²) in [5.74, 6) is 0. The first-order valence-corrected chi connectivity index (χ1v) is 7.37. The summed E-state index contributed by atoms with van der Waals surface area (Å²) in [5, 5.41) is 19.2. The van der Waals surface area contributed by atoms with E-state index in [1.807, 2.05) is 24.3 Å². The van der Waals surface area contributed by atoms with E-state index in [0.29, 0.717) is 11.4 Å². The summed E-state index contributed by atoms with van der Waals surface area (Å²) in [5.41, 5.74) is 0.945. The van der Waals surface area contributed by atoms with E-state index in [0.717, 1.165) is 13.5 Å². The van der Waals surface area contributed by atoms with Crippen LogP contribution in [-0.2, 0) is 0 Å². The molecular weight excluding hydrogens is 332 g/mol. The maximum absolute atomic E-state index is 8.92. The minimum absolute atomic E-state index is 0.329. The molecule has 0 amide bonds. The van der Waals surface area contributed by atoms with Gasteiger partial charge in [-0.3, -0.25) is 0 Å². The highest BCUT2D eigenvalue weighted by molar-refractivity contribution is 9.11. The Kier molecular flexibility index (Phi) is 2.99. The van der Waals surface area contributed by atoms with Gasteiger partial charge in [-0.05, 0) is 40.2 Å². The van der Waals surface area contributed by atoms with Crippen molar-refractivity contribution in [3.63, 3.8) is 0 Å². The Morgan fingerprint density at radius 2 is 1.78 bits per heavy atom. The van der Waals surface area contributed by atoms with Gasteiger partial charge in [0.2, 0.25) is 0 Å². The highest BCUT2D eigenvalue weighted by atomic mass is 79.9. The molecule has 7 heteroatoms. The molecule has 18 heavy (non-hydrogen) atoms. The predicted octanol–water partition coefficient (Wildman–Crippen LogP) is 3.90. The third kappa shape index (κ3) is 1.99. The lowest BCUT2D eigenvalue weighted by Crippen LogP contribution is -1.77. The molecule has 1 N–H and O–H groups in total. The number of hydrogen-bond acceptors (Lipinski definition) is 5. The number of hydrogen-bond donors (Lipinski definition) is 1. The van der Waals surface area contributed by atoms with E-state index in [-0.39, 0.29) is 0 Å². The van der Waals surface area contributed by atoms with Gasteiger partial charge in [0.05, 0.1) is 8.66 Å². The van der Waals surface area contributed by atoms with Gasteiger partial charge in [0.1, 0.15) is 11.8 Å². The lowest BCUT2D eigenvalue weighted by atomic mass is 10.3. The molecule has 3 aromatic rings. The normalized spacial score (nSPS) is 10.4. The number of nitrogens with one attached hydrogen (secondary N) is 1. The molecule has 0 bridgehead atoms. The van der Waals surface area contributed by atoms with Gasteiger partial charge in [0.25, 0.3) is 0 Å². The highest BCUT2D eigenvalue weighted by Crippen LogP contribution is 2.38. The van der Waals surface area contributed by atoms with Crippen LogP contribution in [0, 0.1) is 11.3 Å². The van der Waals surface area contributed by atoms with Crippen LogP contribution in [0.1, 0.15) is 5.69 Å². The van der Waals surface area contributed by atoms with E-state index >= 15 is 0 Å².